The van der Waals surface area contributed by atoms with Crippen LogP contribution in [0.2, 0.25) is 0 Å². The lowest BCUT2D eigenvalue weighted by Crippen LogP contribution is -2.40. The topological polar surface area (TPSA) is 47.6 Å². The average Bonchev–Trinajstić information content (AvgIpc) is 2.55. The van der Waals surface area contributed by atoms with E-state index < -0.39 is 6.10 Å². The molecule has 0 radical (unpaired) electrons. The van der Waals surface area contributed by atoms with Gasteiger partial charge in [0.25, 0.3) is 5.91 Å². The Hall–Kier alpha value is -2.49. The number of benzene rings is 2. The average molecular weight is 311 g/mol. The fraction of sp³-hybridized carbons (Fsp3) is 0.316. The molecule has 0 bridgehead atoms. The van der Waals surface area contributed by atoms with Crippen LogP contribution in [0, 0.1) is 6.92 Å². The van der Waals surface area contributed by atoms with Crippen LogP contribution in [0.4, 0.5) is 0 Å². The van der Waals surface area contributed by atoms with E-state index >= 15 is 0 Å². The molecule has 1 heterocycles. The Morgan fingerprint density at radius 2 is 2.09 bits per heavy atom. The second-order valence-electron chi connectivity index (χ2n) is 5.81. The summed E-state index contributed by atoms with van der Waals surface area (Å²) in [5.74, 6) is 1.43. The first kappa shape index (κ1) is 15.4. The molecular formula is C19H21NO3. The van der Waals surface area contributed by atoms with Crippen molar-refractivity contribution in [2.24, 2.45) is 0 Å². The molecule has 0 aliphatic carbocycles. The van der Waals surface area contributed by atoms with Crippen LogP contribution in [-0.4, -0.2) is 18.6 Å². The third kappa shape index (κ3) is 3.65. The zero-order valence-electron chi connectivity index (χ0n) is 13.4. The first-order valence-electron chi connectivity index (χ1n) is 7.89. The van der Waals surface area contributed by atoms with E-state index in [4.69, 9.17) is 9.47 Å². The number of amides is 1. The minimum Gasteiger partial charge on any atom is -0.493 e. The van der Waals surface area contributed by atoms with E-state index in [-0.39, 0.29) is 11.9 Å². The maximum atomic E-state index is 12.4. The molecule has 2 aromatic carbocycles. The summed E-state index contributed by atoms with van der Waals surface area (Å²) in [7, 11) is 0. The standard InChI is InChI=1S/C19H21NO3/c1-13-6-5-7-15(12-13)23-14(2)19(21)20-17-10-11-22-18-9-4-3-8-16(17)18/h3-9,12,14,17H,10-11H2,1-2H3,(H,20,21). The largest absolute Gasteiger partial charge is 0.493 e. The van der Waals surface area contributed by atoms with Gasteiger partial charge in [-0.15, -0.1) is 0 Å². The Morgan fingerprint density at radius 1 is 1.26 bits per heavy atom. The number of nitrogens with one attached hydrogen (secondary N) is 1. The van der Waals surface area contributed by atoms with Gasteiger partial charge in [-0.3, -0.25) is 4.79 Å². The molecule has 2 unspecified atom stereocenters. The molecule has 23 heavy (non-hydrogen) atoms. The van der Waals surface area contributed by atoms with Crippen molar-refractivity contribution in [3.8, 4) is 11.5 Å². The lowest BCUT2D eigenvalue weighted by molar-refractivity contribution is -0.128. The van der Waals surface area contributed by atoms with Gasteiger partial charge in [0, 0.05) is 12.0 Å². The van der Waals surface area contributed by atoms with Crippen molar-refractivity contribution in [2.75, 3.05) is 6.61 Å². The van der Waals surface area contributed by atoms with Gasteiger partial charge in [-0.05, 0) is 37.6 Å². The molecule has 0 spiro atoms. The maximum absolute atomic E-state index is 12.4. The Labute approximate surface area is 136 Å². The van der Waals surface area contributed by atoms with Crippen molar-refractivity contribution in [3.05, 3.63) is 59.7 Å². The van der Waals surface area contributed by atoms with E-state index in [2.05, 4.69) is 5.32 Å². The molecule has 2 aromatic rings. The van der Waals surface area contributed by atoms with Crippen molar-refractivity contribution in [1.29, 1.82) is 0 Å². The first-order chi connectivity index (χ1) is 11.1. The van der Waals surface area contributed by atoms with Gasteiger partial charge in [0.1, 0.15) is 11.5 Å². The Bertz CT molecular complexity index is 699. The highest BCUT2D eigenvalue weighted by Crippen LogP contribution is 2.31. The van der Waals surface area contributed by atoms with Gasteiger partial charge >= 0.3 is 0 Å². The van der Waals surface area contributed by atoms with Crippen molar-refractivity contribution >= 4 is 5.91 Å². The van der Waals surface area contributed by atoms with Crippen molar-refractivity contribution in [3.63, 3.8) is 0 Å². The zero-order chi connectivity index (χ0) is 16.2. The van der Waals surface area contributed by atoms with E-state index in [0.29, 0.717) is 12.4 Å². The third-order valence-electron chi connectivity index (χ3n) is 3.95. The van der Waals surface area contributed by atoms with Crippen LogP contribution < -0.4 is 14.8 Å². The first-order valence-corrected chi connectivity index (χ1v) is 7.89. The Kier molecular flexibility index (Phi) is 4.51. The number of fused-ring (bicyclic) bond motifs is 1. The summed E-state index contributed by atoms with van der Waals surface area (Å²) in [6.07, 6.45) is 0.215. The van der Waals surface area contributed by atoms with Gasteiger partial charge in [-0.1, -0.05) is 30.3 Å². The molecule has 0 aromatic heterocycles. The monoisotopic (exact) mass is 311 g/mol. The van der Waals surface area contributed by atoms with E-state index in [1.54, 1.807) is 6.92 Å². The molecule has 0 saturated heterocycles. The number of hydrogen-bond acceptors (Lipinski definition) is 3. The van der Waals surface area contributed by atoms with Crippen LogP contribution in [0.5, 0.6) is 11.5 Å². The maximum Gasteiger partial charge on any atom is 0.261 e. The number of aryl methyl sites for hydroxylation is 1. The molecule has 4 heteroatoms. The number of para-hydroxylation sites is 1. The van der Waals surface area contributed by atoms with Gasteiger partial charge in [-0.2, -0.15) is 0 Å². The van der Waals surface area contributed by atoms with Gasteiger partial charge in [0.05, 0.1) is 12.6 Å². The summed E-state index contributed by atoms with van der Waals surface area (Å²) in [5.41, 5.74) is 2.13. The van der Waals surface area contributed by atoms with Crippen LogP contribution in [0.1, 0.15) is 30.5 Å². The molecule has 120 valence electrons. The van der Waals surface area contributed by atoms with E-state index in [9.17, 15) is 4.79 Å². The Balaban J connectivity index is 1.65. The van der Waals surface area contributed by atoms with E-state index in [0.717, 1.165) is 23.3 Å². The SMILES string of the molecule is Cc1cccc(OC(C)C(=O)NC2CCOc3ccccc32)c1. The highest BCUT2D eigenvalue weighted by molar-refractivity contribution is 5.81. The Morgan fingerprint density at radius 3 is 2.91 bits per heavy atom. The molecule has 0 fully saturated rings. The second-order valence-corrected chi connectivity index (χ2v) is 5.81. The second kappa shape index (κ2) is 6.73. The van der Waals surface area contributed by atoms with Crippen LogP contribution in [0.25, 0.3) is 0 Å². The number of ether oxygens (including phenoxy) is 2. The van der Waals surface area contributed by atoms with Crippen molar-refractivity contribution in [2.45, 2.75) is 32.4 Å². The highest BCUT2D eigenvalue weighted by Gasteiger charge is 2.25. The summed E-state index contributed by atoms with van der Waals surface area (Å²) in [6.45, 7) is 4.37. The fourth-order valence-corrected chi connectivity index (χ4v) is 2.73. The van der Waals surface area contributed by atoms with E-state index in [1.165, 1.54) is 0 Å². The molecule has 1 aliphatic heterocycles. The van der Waals surface area contributed by atoms with Crippen molar-refractivity contribution in [1.82, 2.24) is 5.32 Å². The molecule has 2 atom stereocenters. The number of carbonyl (C=O) groups excluding carboxylic acids is 1. The third-order valence-corrected chi connectivity index (χ3v) is 3.95. The summed E-state index contributed by atoms with van der Waals surface area (Å²) < 4.78 is 11.4. The van der Waals surface area contributed by atoms with Gasteiger partial charge in [0.15, 0.2) is 6.10 Å². The summed E-state index contributed by atoms with van der Waals surface area (Å²) in [6, 6.07) is 15.5. The van der Waals surface area contributed by atoms with Gasteiger partial charge in [-0.25, -0.2) is 0 Å². The van der Waals surface area contributed by atoms with Crippen LogP contribution in [0.3, 0.4) is 0 Å². The zero-order valence-corrected chi connectivity index (χ0v) is 13.4. The molecular weight excluding hydrogens is 290 g/mol. The molecule has 3 rings (SSSR count). The summed E-state index contributed by atoms with van der Waals surface area (Å²) >= 11 is 0. The minimum atomic E-state index is -0.549. The lowest BCUT2D eigenvalue weighted by Gasteiger charge is -2.27. The summed E-state index contributed by atoms with van der Waals surface area (Å²) in [5, 5.41) is 3.07. The predicted octanol–water partition coefficient (Wildman–Crippen LogP) is 3.40. The number of rotatable bonds is 4. The van der Waals surface area contributed by atoms with Crippen LogP contribution >= 0.6 is 0 Å². The van der Waals surface area contributed by atoms with Crippen LogP contribution in [0.15, 0.2) is 48.5 Å². The predicted molar refractivity (Wildman–Crippen MR) is 88.7 cm³/mol. The smallest absolute Gasteiger partial charge is 0.261 e. The number of hydrogen-bond donors (Lipinski definition) is 1. The molecule has 0 saturated carbocycles. The van der Waals surface area contributed by atoms with Gasteiger partial charge in [0.2, 0.25) is 0 Å². The normalized spacial score (nSPS) is 17.6. The summed E-state index contributed by atoms with van der Waals surface area (Å²) in [4.78, 5) is 12.4. The minimum absolute atomic E-state index is 0.0315. The fourth-order valence-electron chi connectivity index (χ4n) is 2.73. The molecule has 1 aliphatic rings. The molecule has 4 nitrogen and oxygen atoms in total. The quantitative estimate of drug-likeness (QED) is 0.941. The highest BCUT2D eigenvalue weighted by atomic mass is 16.5. The van der Waals surface area contributed by atoms with Crippen LogP contribution in [-0.2, 0) is 4.79 Å². The molecule has 1 amide bonds. The number of carbonyl (C=O) groups is 1. The van der Waals surface area contributed by atoms with E-state index in [1.807, 2.05) is 55.5 Å². The van der Waals surface area contributed by atoms with Crippen molar-refractivity contribution < 1.29 is 14.3 Å². The molecule has 1 N–H and O–H groups in total. The lowest BCUT2D eigenvalue weighted by atomic mass is 10.0. The van der Waals surface area contributed by atoms with Gasteiger partial charge < -0.3 is 14.8 Å².